The van der Waals surface area contributed by atoms with Gasteiger partial charge in [0.05, 0.1) is 6.04 Å². The van der Waals surface area contributed by atoms with Crippen LogP contribution in [0.15, 0.2) is 54.6 Å². The summed E-state index contributed by atoms with van der Waals surface area (Å²) < 4.78 is 5.66. The second-order valence-corrected chi connectivity index (χ2v) is 6.35. The number of piperazine rings is 1. The fraction of sp³-hybridized carbons (Fsp3) is 0.350. The molecule has 4 heteroatoms. The average molecular weight is 324 g/mol. The van der Waals surface area contributed by atoms with Crippen molar-refractivity contribution < 1.29 is 9.53 Å². The predicted molar refractivity (Wildman–Crippen MR) is 95.1 cm³/mol. The summed E-state index contributed by atoms with van der Waals surface area (Å²) in [6.07, 6.45) is 0. The number of rotatable bonds is 4. The van der Waals surface area contributed by atoms with E-state index in [2.05, 4.69) is 24.1 Å². The molecule has 0 N–H and O–H groups in total. The van der Waals surface area contributed by atoms with Gasteiger partial charge in [0.15, 0.2) is 6.61 Å². The van der Waals surface area contributed by atoms with Gasteiger partial charge in [-0.3, -0.25) is 9.69 Å². The molecule has 0 radical (unpaired) electrons. The van der Waals surface area contributed by atoms with E-state index in [9.17, 15) is 4.79 Å². The molecule has 24 heavy (non-hydrogen) atoms. The number of nitrogens with zero attached hydrogens (tertiary/aromatic N) is 2. The molecular weight excluding hydrogens is 300 g/mol. The van der Waals surface area contributed by atoms with Crippen LogP contribution in [0.5, 0.6) is 5.75 Å². The molecule has 0 aromatic heterocycles. The Morgan fingerprint density at radius 2 is 1.92 bits per heavy atom. The van der Waals surface area contributed by atoms with E-state index in [-0.39, 0.29) is 18.6 Å². The van der Waals surface area contributed by atoms with E-state index in [4.69, 9.17) is 4.74 Å². The van der Waals surface area contributed by atoms with Crippen molar-refractivity contribution in [2.75, 3.05) is 33.3 Å². The molecule has 0 spiro atoms. The highest BCUT2D eigenvalue weighted by Gasteiger charge is 2.28. The first kappa shape index (κ1) is 16.5. The molecule has 0 saturated carbocycles. The number of ether oxygens (including phenoxy) is 1. The average Bonchev–Trinajstić information content (AvgIpc) is 2.61. The fourth-order valence-corrected chi connectivity index (χ4v) is 3.08. The predicted octanol–water partition coefficient (Wildman–Crippen LogP) is 2.89. The molecule has 1 aliphatic rings. The molecule has 1 unspecified atom stereocenters. The van der Waals surface area contributed by atoms with Crippen LogP contribution in [0.4, 0.5) is 0 Å². The van der Waals surface area contributed by atoms with Gasteiger partial charge in [-0.1, -0.05) is 42.5 Å². The second-order valence-electron chi connectivity index (χ2n) is 6.35. The molecule has 1 aliphatic heterocycles. The van der Waals surface area contributed by atoms with Gasteiger partial charge in [0.25, 0.3) is 5.91 Å². The van der Waals surface area contributed by atoms with Crippen LogP contribution >= 0.6 is 0 Å². The summed E-state index contributed by atoms with van der Waals surface area (Å²) >= 11 is 0. The molecule has 0 aliphatic carbocycles. The molecule has 4 nitrogen and oxygen atoms in total. The quantitative estimate of drug-likeness (QED) is 0.867. The number of carbonyl (C=O) groups is 1. The third-order valence-corrected chi connectivity index (χ3v) is 4.54. The number of amides is 1. The zero-order valence-electron chi connectivity index (χ0n) is 14.3. The molecule has 1 saturated heterocycles. The van der Waals surface area contributed by atoms with Gasteiger partial charge >= 0.3 is 0 Å². The van der Waals surface area contributed by atoms with Gasteiger partial charge in [-0.25, -0.2) is 0 Å². The van der Waals surface area contributed by atoms with Gasteiger partial charge in [0, 0.05) is 19.6 Å². The van der Waals surface area contributed by atoms with Gasteiger partial charge in [-0.05, 0) is 37.2 Å². The number of hydrogen-bond donors (Lipinski definition) is 0. The Kier molecular flexibility index (Phi) is 5.16. The van der Waals surface area contributed by atoms with Gasteiger partial charge in [0.1, 0.15) is 5.75 Å². The van der Waals surface area contributed by atoms with Crippen LogP contribution in [-0.4, -0.2) is 49.0 Å². The summed E-state index contributed by atoms with van der Waals surface area (Å²) in [6, 6.07) is 18.4. The summed E-state index contributed by atoms with van der Waals surface area (Å²) in [5, 5.41) is 0. The number of benzene rings is 2. The Labute approximate surface area is 143 Å². The van der Waals surface area contributed by atoms with Crippen molar-refractivity contribution in [1.82, 2.24) is 9.80 Å². The van der Waals surface area contributed by atoms with E-state index in [1.807, 2.05) is 54.3 Å². The Bertz CT molecular complexity index is 687. The van der Waals surface area contributed by atoms with Crippen molar-refractivity contribution in [2.45, 2.75) is 13.0 Å². The van der Waals surface area contributed by atoms with Gasteiger partial charge in [0.2, 0.25) is 0 Å². The zero-order valence-corrected chi connectivity index (χ0v) is 14.3. The van der Waals surface area contributed by atoms with E-state index in [1.54, 1.807) is 0 Å². The van der Waals surface area contributed by atoms with Crippen molar-refractivity contribution in [1.29, 1.82) is 0 Å². The molecule has 3 rings (SSSR count). The van der Waals surface area contributed by atoms with E-state index in [0.29, 0.717) is 6.54 Å². The topological polar surface area (TPSA) is 32.8 Å². The molecule has 2 aromatic rings. The maximum Gasteiger partial charge on any atom is 0.260 e. The first-order valence-electron chi connectivity index (χ1n) is 8.36. The van der Waals surface area contributed by atoms with Gasteiger partial charge < -0.3 is 9.64 Å². The lowest BCUT2D eigenvalue weighted by molar-refractivity contribution is -0.136. The second kappa shape index (κ2) is 7.49. The first-order valence-corrected chi connectivity index (χ1v) is 8.36. The van der Waals surface area contributed by atoms with Crippen molar-refractivity contribution in [3.8, 4) is 5.75 Å². The lowest BCUT2D eigenvalue weighted by atomic mass is 10.0. The lowest BCUT2D eigenvalue weighted by Gasteiger charge is -2.39. The molecule has 1 heterocycles. The zero-order chi connectivity index (χ0) is 16.9. The van der Waals surface area contributed by atoms with E-state index >= 15 is 0 Å². The summed E-state index contributed by atoms with van der Waals surface area (Å²) in [5.41, 5.74) is 2.38. The summed E-state index contributed by atoms with van der Waals surface area (Å²) in [5.74, 6) is 0.794. The molecule has 0 bridgehead atoms. The smallest absolute Gasteiger partial charge is 0.260 e. The highest BCUT2D eigenvalue weighted by molar-refractivity contribution is 5.78. The third-order valence-electron chi connectivity index (χ3n) is 4.54. The van der Waals surface area contributed by atoms with Crippen LogP contribution in [0.1, 0.15) is 17.2 Å². The minimum Gasteiger partial charge on any atom is -0.484 e. The SMILES string of the molecule is Cc1cccc(OCC(=O)N2CCN(C)C(c3ccccc3)C2)c1. The Hall–Kier alpha value is -2.33. The van der Waals surface area contributed by atoms with E-state index < -0.39 is 0 Å². The largest absolute Gasteiger partial charge is 0.484 e. The lowest BCUT2D eigenvalue weighted by Crippen LogP contribution is -2.50. The van der Waals surface area contributed by atoms with Gasteiger partial charge in [-0.15, -0.1) is 0 Å². The van der Waals surface area contributed by atoms with Crippen molar-refractivity contribution in [3.63, 3.8) is 0 Å². The maximum absolute atomic E-state index is 12.5. The monoisotopic (exact) mass is 324 g/mol. The van der Waals surface area contributed by atoms with Crippen LogP contribution in [0, 0.1) is 6.92 Å². The third kappa shape index (κ3) is 3.95. The Morgan fingerprint density at radius 1 is 1.12 bits per heavy atom. The molecule has 2 aromatic carbocycles. The summed E-state index contributed by atoms with van der Waals surface area (Å²) in [4.78, 5) is 16.7. The first-order chi connectivity index (χ1) is 11.6. The summed E-state index contributed by atoms with van der Waals surface area (Å²) in [7, 11) is 2.11. The molecule has 1 fully saturated rings. The van der Waals surface area contributed by atoms with Crippen molar-refractivity contribution in [3.05, 3.63) is 65.7 Å². The number of likely N-dealkylation sites (N-methyl/N-ethyl adjacent to an activating group) is 1. The molecule has 1 amide bonds. The molecule has 126 valence electrons. The minimum absolute atomic E-state index is 0.0468. The van der Waals surface area contributed by atoms with Crippen molar-refractivity contribution >= 4 is 5.91 Å². The number of aryl methyl sites for hydroxylation is 1. The normalized spacial score (nSPS) is 18.4. The number of carbonyl (C=O) groups excluding carboxylic acids is 1. The Balaban J connectivity index is 1.61. The van der Waals surface area contributed by atoms with Crippen LogP contribution in [0.3, 0.4) is 0 Å². The maximum atomic E-state index is 12.5. The van der Waals surface area contributed by atoms with Crippen molar-refractivity contribution in [2.24, 2.45) is 0 Å². The van der Waals surface area contributed by atoms with E-state index in [0.717, 1.165) is 24.4 Å². The Morgan fingerprint density at radius 3 is 2.67 bits per heavy atom. The highest BCUT2D eigenvalue weighted by Crippen LogP contribution is 2.24. The number of hydrogen-bond acceptors (Lipinski definition) is 3. The minimum atomic E-state index is 0.0468. The molecular formula is C20H24N2O2. The van der Waals surface area contributed by atoms with Crippen LogP contribution in [0.2, 0.25) is 0 Å². The highest BCUT2D eigenvalue weighted by atomic mass is 16.5. The van der Waals surface area contributed by atoms with E-state index in [1.165, 1.54) is 5.56 Å². The van der Waals surface area contributed by atoms with Gasteiger partial charge in [-0.2, -0.15) is 0 Å². The van der Waals surface area contributed by atoms with Crippen LogP contribution in [0.25, 0.3) is 0 Å². The summed E-state index contributed by atoms with van der Waals surface area (Å²) in [6.45, 7) is 4.43. The standard InChI is InChI=1S/C20H24N2O2/c1-16-7-6-10-18(13-16)24-15-20(23)22-12-11-21(2)19(14-22)17-8-4-3-5-9-17/h3-10,13,19H,11-12,14-15H2,1-2H3. The van der Waals surface area contributed by atoms with Crippen LogP contribution < -0.4 is 4.74 Å². The van der Waals surface area contributed by atoms with Crippen LogP contribution in [-0.2, 0) is 4.79 Å². The fourth-order valence-electron chi connectivity index (χ4n) is 3.08. The molecule has 1 atom stereocenters.